The van der Waals surface area contributed by atoms with Gasteiger partial charge in [0.2, 0.25) is 0 Å². The van der Waals surface area contributed by atoms with Crippen LogP contribution in [0.15, 0.2) is 12.1 Å². The Labute approximate surface area is 134 Å². The van der Waals surface area contributed by atoms with Crippen LogP contribution in [-0.4, -0.2) is 54.4 Å². The van der Waals surface area contributed by atoms with Crippen molar-refractivity contribution >= 4 is 11.0 Å². The van der Waals surface area contributed by atoms with Gasteiger partial charge in [0.1, 0.15) is 11.3 Å². The lowest BCUT2D eigenvalue weighted by atomic mass is 10.1. The van der Waals surface area contributed by atoms with Crippen molar-refractivity contribution in [1.29, 1.82) is 0 Å². The van der Waals surface area contributed by atoms with Crippen molar-refractivity contribution in [2.75, 3.05) is 39.5 Å². The minimum Gasteiger partial charge on any atom is -0.594 e. The molecule has 0 amide bonds. The summed E-state index contributed by atoms with van der Waals surface area (Å²) >= 11 is 0. The van der Waals surface area contributed by atoms with Crippen molar-refractivity contribution in [1.82, 2.24) is 15.0 Å². The van der Waals surface area contributed by atoms with Crippen molar-refractivity contribution in [2.45, 2.75) is 19.3 Å². The molecular formula is C16H20N4O3. The van der Waals surface area contributed by atoms with E-state index in [4.69, 9.17) is 9.47 Å². The SMILES string of the molecule is [O-][n+]1nc(CCCN2CCOCC2)nc2cc3c(cc21)CCO3. The second-order valence-corrected chi connectivity index (χ2v) is 6.01. The molecule has 7 heteroatoms. The zero-order valence-corrected chi connectivity index (χ0v) is 13.0. The van der Waals surface area contributed by atoms with Gasteiger partial charge in [0, 0.05) is 48.7 Å². The van der Waals surface area contributed by atoms with Gasteiger partial charge in [-0.2, -0.15) is 0 Å². The van der Waals surface area contributed by atoms with E-state index in [1.54, 1.807) is 0 Å². The molecule has 0 radical (unpaired) electrons. The van der Waals surface area contributed by atoms with Crippen molar-refractivity contribution in [3.05, 3.63) is 28.7 Å². The van der Waals surface area contributed by atoms with Crippen LogP contribution in [-0.2, 0) is 17.6 Å². The molecule has 23 heavy (non-hydrogen) atoms. The number of hydrogen-bond acceptors (Lipinski definition) is 6. The maximum Gasteiger partial charge on any atom is 0.271 e. The quantitative estimate of drug-likeness (QED) is 0.603. The van der Waals surface area contributed by atoms with Crippen molar-refractivity contribution < 1.29 is 14.3 Å². The second-order valence-electron chi connectivity index (χ2n) is 6.01. The smallest absolute Gasteiger partial charge is 0.271 e. The average molecular weight is 316 g/mol. The van der Waals surface area contributed by atoms with E-state index in [0.717, 1.165) is 57.0 Å². The highest BCUT2D eigenvalue weighted by Gasteiger charge is 2.19. The Hall–Kier alpha value is -1.99. The molecule has 3 heterocycles. The Morgan fingerprint density at radius 1 is 1.22 bits per heavy atom. The van der Waals surface area contributed by atoms with Crippen LogP contribution < -0.4 is 9.58 Å². The summed E-state index contributed by atoms with van der Waals surface area (Å²) in [6, 6.07) is 3.71. The Balaban J connectivity index is 1.48. The maximum absolute atomic E-state index is 12.2. The molecule has 0 aliphatic carbocycles. The van der Waals surface area contributed by atoms with Crippen LogP contribution in [0, 0.1) is 5.21 Å². The highest BCUT2D eigenvalue weighted by Crippen LogP contribution is 2.28. The lowest BCUT2D eigenvalue weighted by Gasteiger charge is -2.26. The fraction of sp³-hybridized carbons (Fsp3) is 0.562. The molecule has 0 N–H and O–H groups in total. The molecule has 1 aromatic heterocycles. The molecule has 122 valence electrons. The molecule has 2 aromatic rings. The van der Waals surface area contributed by atoms with Crippen molar-refractivity contribution in [3.63, 3.8) is 0 Å². The van der Waals surface area contributed by atoms with E-state index in [2.05, 4.69) is 15.0 Å². The van der Waals surface area contributed by atoms with Crippen LogP contribution in [0.4, 0.5) is 0 Å². The molecule has 1 saturated heterocycles. The molecule has 2 aliphatic rings. The monoisotopic (exact) mass is 316 g/mol. The van der Waals surface area contributed by atoms with Crippen LogP contribution in [0.25, 0.3) is 11.0 Å². The van der Waals surface area contributed by atoms with Gasteiger partial charge < -0.3 is 14.7 Å². The van der Waals surface area contributed by atoms with Gasteiger partial charge in [-0.25, -0.2) is 4.98 Å². The first-order valence-electron chi connectivity index (χ1n) is 8.16. The van der Waals surface area contributed by atoms with Crippen LogP contribution in [0.1, 0.15) is 17.8 Å². The molecule has 1 fully saturated rings. The number of rotatable bonds is 4. The molecule has 0 atom stereocenters. The van der Waals surface area contributed by atoms with Gasteiger partial charge in [-0.1, -0.05) is 0 Å². The zero-order chi connectivity index (χ0) is 15.6. The van der Waals surface area contributed by atoms with Gasteiger partial charge in [-0.3, -0.25) is 4.90 Å². The molecule has 0 bridgehead atoms. The summed E-state index contributed by atoms with van der Waals surface area (Å²) in [5.41, 5.74) is 2.24. The first kappa shape index (κ1) is 14.6. The predicted octanol–water partition coefficient (Wildman–Crippen LogP) is 0.463. The van der Waals surface area contributed by atoms with Crippen LogP contribution in [0.2, 0.25) is 0 Å². The third-order valence-corrected chi connectivity index (χ3v) is 4.43. The summed E-state index contributed by atoms with van der Waals surface area (Å²) in [5.74, 6) is 1.44. The number of hydrogen-bond donors (Lipinski definition) is 0. The fourth-order valence-corrected chi connectivity index (χ4v) is 3.16. The molecule has 0 spiro atoms. The van der Waals surface area contributed by atoms with Crippen molar-refractivity contribution in [3.8, 4) is 5.75 Å². The molecule has 2 aliphatic heterocycles. The average Bonchev–Trinajstić information content (AvgIpc) is 3.02. The Morgan fingerprint density at radius 2 is 2.09 bits per heavy atom. The minimum absolute atomic E-state index is 0.520. The van der Waals surface area contributed by atoms with Gasteiger partial charge in [0.25, 0.3) is 5.52 Å². The van der Waals surface area contributed by atoms with E-state index in [1.807, 2.05) is 12.1 Å². The first-order valence-corrected chi connectivity index (χ1v) is 8.16. The third kappa shape index (κ3) is 3.07. The molecule has 7 nitrogen and oxygen atoms in total. The van der Waals surface area contributed by atoms with E-state index >= 15 is 0 Å². The number of morpholine rings is 1. The van der Waals surface area contributed by atoms with E-state index < -0.39 is 0 Å². The molecule has 1 aromatic carbocycles. The summed E-state index contributed by atoms with van der Waals surface area (Å²) in [4.78, 5) is 7.61. The molecule has 0 saturated carbocycles. The van der Waals surface area contributed by atoms with E-state index in [1.165, 1.54) is 0 Å². The number of nitrogens with zero attached hydrogens (tertiary/aromatic N) is 4. The van der Waals surface area contributed by atoms with Gasteiger partial charge in [-0.05, 0) is 17.8 Å². The Bertz CT molecular complexity index is 716. The fourth-order valence-electron chi connectivity index (χ4n) is 3.16. The summed E-state index contributed by atoms with van der Waals surface area (Å²) < 4.78 is 10.9. The predicted molar refractivity (Wildman–Crippen MR) is 83.3 cm³/mol. The first-order chi connectivity index (χ1) is 11.3. The number of aromatic nitrogens is 3. The molecular weight excluding hydrogens is 296 g/mol. The molecule has 4 rings (SSSR count). The number of benzene rings is 1. The third-order valence-electron chi connectivity index (χ3n) is 4.43. The summed E-state index contributed by atoms with van der Waals surface area (Å²) in [5, 5.41) is 16.2. The minimum atomic E-state index is 0.520. The van der Waals surface area contributed by atoms with E-state index in [0.29, 0.717) is 34.7 Å². The van der Waals surface area contributed by atoms with Crippen LogP contribution >= 0.6 is 0 Å². The normalized spacial score (nSPS) is 18.1. The Kier molecular flexibility index (Phi) is 3.97. The lowest BCUT2D eigenvalue weighted by Crippen LogP contribution is -2.37. The van der Waals surface area contributed by atoms with Crippen LogP contribution in [0.3, 0.4) is 0 Å². The zero-order valence-electron chi connectivity index (χ0n) is 13.0. The lowest BCUT2D eigenvalue weighted by molar-refractivity contribution is -0.644. The highest BCUT2D eigenvalue weighted by atomic mass is 16.5. The number of ether oxygens (including phenoxy) is 2. The topological polar surface area (TPSA) is 74.4 Å². The summed E-state index contributed by atoms with van der Waals surface area (Å²) in [6.45, 7) is 5.21. The summed E-state index contributed by atoms with van der Waals surface area (Å²) in [7, 11) is 0. The van der Waals surface area contributed by atoms with Crippen molar-refractivity contribution in [2.24, 2.45) is 0 Å². The largest absolute Gasteiger partial charge is 0.594 e. The standard InChI is InChI=1S/C16H20N4O3/c21-20-14-10-12-3-7-23-15(12)11-13(14)17-16(18-20)2-1-4-19-5-8-22-9-6-19/h10-11H,1-9H2. The van der Waals surface area contributed by atoms with Gasteiger partial charge in [0.05, 0.1) is 19.8 Å². The summed E-state index contributed by atoms with van der Waals surface area (Å²) in [6.07, 6.45) is 2.48. The maximum atomic E-state index is 12.2. The van der Waals surface area contributed by atoms with Gasteiger partial charge in [0.15, 0.2) is 5.82 Å². The number of fused-ring (bicyclic) bond motifs is 2. The highest BCUT2D eigenvalue weighted by molar-refractivity contribution is 5.75. The Morgan fingerprint density at radius 3 is 2.96 bits per heavy atom. The molecule has 0 unspecified atom stereocenters. The van der Waals surface area contributed by atoms with Crippen LogP contribution in [0.5, 0.6) is 5.75 Å². The van der Waals surface area contributed by atoms with E-state index in [9.17, 15) is 5.21 Å². The second kappa shape index (κ2) is 6.25. The van der Waals surface area contributed by atoms with E-state index in [-0.39, 0.29) is 0 Å². The van der Waals surface area contributed by atoms with Gasteiger partial charge in [-0.15, -0.1) is 0 Å². The van der Waals surface area contributed by atoms with Gasteiger partial charge >= 0.3 is 0 Å². The number of aryl methyl sites for hydroxylation is 1.